The molecule has 0 saturated heterocycles. The lowest BCUT2D eigenvalue weighted by Gasteiger charge is -2.14. The first-order chi connectivity index (χ1) is 9.15. The average molecular weight is 323 g/mol. The van der Waals surface area contributed by atoms with E-state index < -0.39 is 6.10 Å². The molecule has 1 atom stereocenters. The van der Waals surface area contributed by atoms with Crippen LogP contribution >= 0.6 is 15.9 Å². The van der Waals surface area contributed by atoms with Crippen LogP contribution in [-0.4, -0.2) is 5.11 Å². The number of ether oxygens (including phenoxy) is 1. The quantitative estimate of drug-likeness (QED) is 0.913. The summed E-state index contributed by atoms with van der Waals surface area (Å²) in [5.41, 5.74) is 3.51. The van der Waals surface area contributed by atoms with Gasteiger partial charge in [-0.05, 0) is 34.9 Å². The predicted octanol–water partition coefficient (Wildman–Crippen LogP) is 3.70. The zero-order chi connectivity index (χ0) is 13.4. The maximum atomic E-state index is 13.3. The van der Waals surface area contributed by atoms with Gasteiger partial charge in [0.25, 0.3) is 0 Å². The molecular formula is C15H12BrFO2. The minimum Gasteiger partial charge on any atom is -0.384 e. The monoisotopic (exact) mass is 322 g/mol. The molecule has 0 amide bonds. The Morgan fingerprint density at radius 3 is 2.74 bits per heavy atom. The van der Waals surface area contributed by atoms with Gasteiger partial charge < -0.3 is 9.84 Å². The van der Waals surface area contributed by atoms with E-state index >= 15 is 0 Å². The number of benzene rings is 2. The molecular weight excluding hydrogens is 311 g/mol. The predicted molar refractivity (Wildman–Crippen MR) is 73.1 cm³/mol. The fraction of sp³-hybridized carbons (Fsp3) is 0.200. The molecule has 0 saturated carbocycles. The number of halogens is 2. The summed E-state index contributed by atoms with van der Waals surface area (Å²) >= 11 is 3.34. The highest BCUT2D eigenvalue weighted by atomic mass is 79.9. The Bertz CT molecular complexity index is 628. The molecule has 0 fully saturated rings. The van der Waals surface area contributed by atoms with Crippen LogP contribution in [0.1, 0.15) is 28.4 Å². The van der Waals surface area contributed by atoms with Crippen LogP contribution in [0.4, 0.5) is 4.39 Å². The lowest BCUT2D eigenvalue weighted by atomic mass is 9.98. The second-order valence-corrected chi connectivity index (χ2v) is 5.44. The van der Waals surface area contributed by atoms with Crippen LogP contribution in [0, 0.1) is 5.82 Å². The molecule has 2 aromatic carbocycles. The molecule has 0 aliphatic carbocycles. The first kappa shape index (κ1) is 12.8. The Labute approximate surface area is 119 Å². The minimum absolute atomic E-state index is 0.359. The zero-order valence-corrected chi connectivity index (χ0v) is 11.7. The zero-order valence-electron chi connectivity index (χ0n) is 10.1. The molecule has 1 N–H and O–H groups in total. The van der Waals surface area contributed by atoms with Gasteiger partial charge in [-0.1, -0.05) is 34.1 Å². The number of hydrogen-bond donors (Lipinski definition) is 1. The van der Waals surface area contributed by atoms with Gasteiger partial charge in [0.2, 0.25) is 0 Å². The molecule has 98 valence electrons. The summed E-state index contributed by atoms with van der Waals surface area (Å²) in [6.07, 6.45) is -0.851. The van der Waals surface area contributed by atoms with Gasteiger partial charge in [0.05, 0.1) is 13.2 Å². The minimum atomic E-state index is -0.851. The highest BCUT2D eigenvalue weighted by molar-refractivity contribution is 9.10. The smallest absolute Gasteiger partial charge is 0.123 e. The Kier molecular flexibility index (Phi) is 3.39. The van der Waals surface area contributed by atoms with Gasteiger partial charge in [0.1, 0.15) is 11.9 Å². The summed E-state index contributed by atoms with van der Waals surface area (Å²) in [5.74, 6) is -0.359. The van der Waals surface area contributed by atoms with Crippen molar-refractivity contribution in [1.82, 2.24) is 0 Å². The van der Waals surface area contributed by atoms with Crippen molar-refractivity contribution in [1.29, 1.82) is 0 Å². The van der Waals surface area contributed by atoms with Crippen molar-refractivity contribution in [2.24, 2.45) is 0 Å². The van der Waals surface area contributed by atoms with E-state index in [4.69, 9.17) is 4.74 Å². The van der Waals surface area contributed by atoms with Crippen molar-refractivity contribution in [2.45, 2.75) is 19.3 Å². The van der Waals surface area contributed by atoms with E-state index in [1.54, 1.807) is 6.07 Å². The van der Waals surface area contributed by atoms with Crippen molar-refractivity contribution < 1.29 is 14.2 Å². The second-order valence-electron chi connectivity index (χ2n) is 4.59. The Morgan fingerprint density at radius 1 is 1.11 bits per heavy atom. The summed E-state index contributed by atoms with van der Waals surface area (Å²) in [5, 5.41) is 10.4. The van der Waals surface area contributed by atoms with Crippen molar-refractivity contribution in [3.8, 4) is 0 Å². The molecule has 0 bridgehead atoms. The van der Waals surface area contributed by atoms with Crippen molar-refractivity contribution in [3.63, 3.8) is 0 Å². The van der Waals surface area contributed by atoms with Crippen LogP contribution in [0.3, 0.4) is 0 Å². The molecule has 1 heterocycles. The van der Waals surface area contributed by atoms with Gasteiger partial charge in [0, 0.05) is 10.0 Å². The fourth-order valence-electron chi connectivity index (χ4n) is 2.27. The molecule has 0 radical (unpaired) electrons. The summed E-state index contributed by atoms with van der Waals surface area (Å²) in [7, 11) is 0. The van der Waals surface area contributed by atoms with E-state index in [0.29, 0.717) is 23.2 Å². The van der Waals surface area contributed by atoms with Crippen LogP contribution in [0.5, 0.6) is 0 Å². The van der Waals surface area contributed by atoms with E-state index in [-0.39, 0.29) is 5.82 Å². The molecule has 2 nitrogen and oxygen atoms in total. The summed E-state index contributed by atoms with van der Waals surface area (Å²) < 4.78 is 19.3. The molecule has 0 spiro atoms. The van der Waals surface area contributed by atoms with Crippen LogP contribution in [0.2, 0.25) is 0 Å². The molecule has 4 heteroatoms. The Hall–Kier alpha value is -1.23. The fourth-order valence-corrected chi connectivity index (χ4v) is 2.73. The van der Waals surface area contributed by atoms with Crippen LogP contribution < -0.4 is 0 Å². The largest absolute Gasteiger partial charge is 0.384 e. The van der Waals surface area contributed by atoms with E-state index in [9.17, 15) is 9.50 Å². The normalized spacial score (nSPS) is 15.3. The third-order valence-electron chi connectivity index (χ3n) is 3.31. The summed E-state index contributed by atoms with van der Waals surface area (Å²) in [6, 6.07) is 10.0. The Morgan fingerprint density at radius 2 is 1.89 bits per heavy atom. The molecule has 19 heavy (non-hydrogen) atoms. The third-order valence-corrected chi connectivity index (χ3v) is 4.04. The molecule has 0 aromatic heterocycles. The van der Waals surface area contributed by atoms with Gasteiger partial charge in [-0.25, -0.2) is 4.39 Å². The number of fused-ring (bicyclic) bond motifs is 1. The molecule has 1 unspecified atom stereocenters. The van der Waals surface area contributed by atoms with Crippen LogP contribution in [-0.2, 0) is 18.0 Å². The average Bonchev–Trinajstić information content (AvgIpc) is 2.88. The first-order valence-corrected chi connectivity index (χ1v) is 6.77. The number of rotatable bonds is 2. The number of hydrogen-bond acceptors (Lipinski definition) is 2. The number of aliphatic hydroxyl groups is 1. The lowest BCUT2D eigenvalue weighted by molar-refractivity contribution is 0.134. The van der Waals surface area contributed by atoms with Crippen LogP contribution in [0.25, 0.3) is 0 Å². The SMILES string of the molecule is OC(c1ccc2c(c1)COC2)c1cc(F)ccc1Br. The summed E-state index contributed by atoms with van der Waals surface area (Å²) in [4.78, 5) is 0. The van der Waals surface area contributed by atoms with Crippen molar-refractivity contribution >= 4 is 15.9 Å². The molecule has 1 aliphatic rings. The molecule has 2 aromatic rings. The van der Waals surface area contributed by atoms with E-state index in [1.807, 2.05) is 18.2 Å². The Balaban J connectivity index is 1.99. The van der Waals surface area contributed by atoms with Crippen LogP contribution in [0.15, 0.2) is 40.9 Å². The van der Waals surface area contributed by atoms with E-state index in [1.165, 1.54) is 12.1 Å². The standard InChI is InChI=1S/C15H12BrFO2/c16-14-4-3-12(17)6-13(14)15(18)9-1-2-10-7-19-8-11(10)5-9/h1-6,15,18H,7-8H2. The van der Waals surface area contributed by atoms with E-state index in [0.717, 1.165) is 16.7 Å². The highest BCUT2D eigenvalue weighted by Crippen LogP contribution is 2.31. The van der Waals surface area contributed by atoms with E-state index in [2.05, 4.69) is 15.9 Å². The van der Waals surface area contributed by atoms with Crippen molar-refractivity contribution in [2.75, 3.05) is 0 Å². The maximum absolute atomic E-state index is 13.3. The van der Waals surface area contributed by atoms with Crippen molar-refractivity contribution in [3.05, 3.63) is 68.9 Å². The van der Waals surface area contributed by atoms with Gasteiger partial charge in [-0.3, -0.25) is 0 Å². The highest BCUT2D eigenvalue weighted by Gasteiger charge is 2.18. The van der Waals surface area contributed by atoms with Gasteiger partial charge in [-0.2, -0.15) is 0 Å². The second kappa shape index (κ2) is 5.04. The van der Waals surface area contributed by atoms with Gasteiger partial charge >= 0.3 is 0 Å². The number of aliphatic hydroxyl groups excluding tert-OH is 1. The van der Waals surface area contributed by atoms with Gasteiger partial charge in [-0.15, -0.1) is 0 Å². The maximum Gasteiger partial charge on any atom is 0.123 e. The van der Waals surface area contributed by atoms with Gasteiger partial charge in [0.15, 0.2) is 0 Å². The topological polar surface area (TPSA) is 29.5 Å². The molecule has 1 aliphatic heterocycles. The molecule has 3 rings (SSSR count). The third kappa shape index (κ3) is 2.43. The summed E-state index contributed by atoms with van der Waals surface area (Å²) in [6.45, 7) is 1.19. The lowest BCUT2D eigenvalue weighted by Crippen LogP contribution is -2.02. The first-order valence-electron chi connectivity index (χ1n) is 5.97.